The van der Waals surface area contributed by atoms with Gasteiger partial charge in [-0.2, -0.15) is 0 Å². The third-order valence-corrected chi connectivity index (χ3v) is 20.9. The molecule has 0 amide bonds. The third kappa shape index (κ3) is 88.1. The lowest BCUT2D eigenvalue weighted by atomic mass is 10.0. The van der Waals surface area contributed by atoms with Crippen molar-refractivity contribution in [2.75, 3.05) is 39.6 Å². The highest BCUT2D eigenvalue weighted by Gasteiger charge is 2.29. The molecule has 0 aromatic rings. The summed E-state index contributed by atoms with van der Waals surface area (Å²) in [5, 5.41) is 20.7. The molecule has 0 aliphatic heterocycles. The van der Waals surface area contributed by atoms with Crippen LogP contribution in [0.15, 0.2) is 146 Å². The zero-order valence-electron chi connectivity index (χ0n) is 71.5. The second kappa shape index (κ2) is 86.8. The maximum absolute atomic E-state index is 13.0. The van der Waals surface area contributed by atoms with Crippen molar-refractivity contribution in [3.8, 4) is 0 Å². The number of phosphoric ester groups is 2. The maximum atomic E-state index is 13.0. The van der Waals surface area contributed by atoms with E-state index in [2.05, 4.69) is 167 Å². The summed E-state index contributed by atoms with van der Waals surface area (Å²) in [5.41, 5.74) is 0. The summed E-state index contributed by atoms with van der Waals surface area (Å²) in [6.07, 6.45) is 109. The highest BCUT2D eigenvalue weighted by atomic mass is 31.2. The molecule has 0 saturated heterocycles. The van der Waals surface area contributed by atoms with E-state index in [4.69, 9.17) is 32.3 Å². The first-order valence-electron chi connectivity index (χ1n) is 45.1. The Morgan fingerprint density at radius 3 is 0.752 bits per heavy atom. The Kier molecular flexibility index (Phi) is 83.3. The first kappa shape index (κ1) is 108. The van der Waals surface area contributed by atoms with Gasteiger partial charge in [0, 0.05) is 19.3 Å². The number of carbonyl (C=O) groups excluding carboxylic acids is 3. The number of esters is 3. The average molecular weight is 1620 g/mol. The quantitative estimate of drug-likeness (QED) is 0.0146. The van der Waals surface area contributed by atoms with Gasteiger partial charge in [0.25, 0.3) is 0 Å². The monoisotopic (exact) mass is 1620 g/mol. The van der Waals surface area contributed by atoms with Gasteiger partial charge >= 0.3 is 33.6 Å². The molecule has 0 rings (SSSR count). The van der Waals surface area contributed by atoms with Gasteiger partial charge in [-0.05, 0) is 135 Å². The summed E-state index contributed by atoms with van der Waals surface area (Å²) in [5.74, 6) is -1.58. The molecule has 0 aliphatic rings. The Bertz CT molecular complexity index is 2630. The summed E-state index contributed by atoms with van der Waals surface area (Å²) in [6, 6.07) is 0. The first-order valence-corrected chi connectivity index (χ1v) is 48.1. The van der Waals surface area contributed by atoms with E-state index < -0.39 is 91.5 Å². The van der Waals surface area contributed by atoms with Crippen LogP contribution >= 0.6 is 15.6 Å². The molecule has 0 bridgehead atoms. The highest BCUT2D eigenvalue weighted by Crippen LogP contribution is 2.45. The van der Waals surface area contributed by atoms with Crippen molar-refractivity contribution in [3.05, 3.63) is 146 Å². The van der Waals surface area contributed by atoms with Gasteiger partial charge in [0.15, 0.2) is 6.10 Å². The summed E-state index contributed by atoms with van der Waals surface area (Å²) in [7, 11) is -9.79. The summed E-state index contributed by atoms with van der Waals surface area (Å²) in [4.78, 5) is 58.7. The maximum Gasteiger partial charge on any atom is 0.472 e. The van der Waals surface area contributed by atoms with Crippen molar-refractivity contribution < 1.29 is 75.8 Å². The van der Waals surface area contributed by atoms with E-state index in [1.54, 1.807) is 0 Å². The molecule has 0 saturated carbocycles. The standard InChI is InChI=1S/C95H164O16P2/c1-4-7-10-13-16-19-22-24-26-28-30-32-34-36-38-40-42-43-44-45-47-49-50-52-54-56-58-60-62-64-67-69-72-75-78-81-93(98)105-84-90(96)85-107-112(101,102)108-86-91(97)87-109-113(103,104)110-89-92(111-95(100)83-80-77-74-71-66-21-18-15-12-9-6-3)88-106-94(99)82-79-76-73-70-68-65-63-61-59-57-55-53-51-48-46-41-39-37-35-33-31-29-27-25-23-20-17-14-11-8-5-2/h7-8,10-11,15-20,24-27,30-33,36-39,46,48,90-92,96-97H,4-6,9,12-14,21-23,28-29,34-35,40-45,47,49-89H2,1-3H3,(H,101,102)(H,103,104)/b10-7-,11-8-,18-15-,19-16-,20-17-,26-24-,27-25-,32-30-,33-31-,38-36-,39-37-,48-46-. The van der Waals surface area contributed by atoms with Crippen LogP contribution in [0.4, 0.5) is 0 Å². The van der Waals surface area contributed by atoms with Crippen LogP contribution in [0.2, 0.25) is 0 Å². The Labute approximate surface area is 689 Å². The molecule has 5 unspecified atom stereocenters. The highest BCUT2D eigenvalue weighted by molar-refractivity contribution is 7.47. The van der Waals surface area contributed by atoms with E-state index in [1.165, 1.54) is 161 Å². The van der Waals surface area contributed by atoms with E-state index in [0.29, 0.717) is 19.3 Å². The number of phosphoric acid groups is 2. The second-order valence-corrected chi connectivity index (χ2v) is 32.9. The normalized spacial score (nSPS) is 14.5. The molecule has 0 radical (unpaired) electrons. The Morgan fingerprint density at radius 1 is 0.257 bits per heavy atom. The molecule has 650 valence electrons. The van der Waals surface area contributed by atoms with Gasteiger partial charge in [0.1, 0.15) is 25.4 Å². The Balaban J connectivity index is 4.33. The topological polar surface area (TPSA) is 231 Å². The lowest BCUT2D eigenvalue weighted by molar-refractivity contribution is -0.161. The van der Waals surface area contributed by atoms with E-state index in [9.17, 15) is 43.5 Å². The number of hydrogen-bond acceptors (Lipinski definition) is 14. The fraction of sp³-hybridized carbons (Fsp3) is 0.716. The van der Waals surface area contributed by atoms with Crippen LogP contribution in [0.3, 0.4) is 0 Å². The van der Waals surface area contributed by atoms with Crippen molar-refractivity contribution in [2.45, 2.75) is 399 Å². The summed E-state index contributed by atoms with van der Waals surface area (Å²) in [6.45, 7) is 2.44. The largest absolute Gasteiger partial charge is 0.472 e. The number of hydrogen-bond donors (Lipinski definition) is 4. The summed E-state index contributed by atoms with van der Waals surface area (Å²) < 4.78 is 61.3. The molecule has 0 fully saturated rings. The minimum atomic E-state index is -4.93. The van der Waals surface area contributed by atoms with Gasteiger partial charge in [0.05, 0.1) is 26.4 Å². The fourth-order valence-corrected chi connectivity index (χ4v) is 13.8. The average Bonchev–Trinajstić information content (AvgIpc) is 0.897. The minimum Gasteiger partial charge on any atom is -0.463 e. The van der Waals surface area contributed by atoms with Crippen LogP contribution in [0, 0.1) is 0 Å². The van der Waals surface area contributed by atoms with Crippen LogP contribution in [0.5, 0.6) is 0 Å². The molecule has 0 heterocycles. The van der Waals surface area contributed by atoms with Crippen LogP contribution < -0.4 is 0 Å². The van der Waals surface area contributed by atoms with Crippen molar-refractivity contribution in [2.24, 2.45) is 0 Å². The number of unbranched alkanes of at least 4 members (excludes halogenated alkanes) is 38. The lowest BCUT2D eigenvalue weighted by Gasteiger charge is -2.21. The molecule has 0 aromatic carbocycles. The van der Waals surface area contributed by atoms with Crippen molar-refractivity contribution in [1.82, 2.24) is 0 Å². The number of allylic oxidation sites excluding steroid dienone is 24. The number of rotatable bonds is 85. The molecule has 0 aromatic heterocycles. The third-order valence-electron chi connectivity index (χ3n) is 19.0. The number of aliphatic hydroxyl groups is 2. The van der Waals surface area contributed by atoms with E-state index >= 15 is 0 Å². The molecule has 18 heteroatoms. The second-order valence-electron chi connectivity index (χ2n) is 30.0. The van der Waals surface area contributed by atoms with Crippen molar-refractivity contribution in [3.63, 3.8) is 0 Å². The van der Waals surface area contributed by atoms with Crippen LogP contribution in [-0.4, -0.2) is 95.9 Å². The first-order chi connectivity index (χ1) is 55.2. The van der Waals surface area contributed by atoms with Crippen LogP contribution in [0.25, 0.3) is 0 Å². The fourth-order valence-electron chi connectivity index (χ4n) is 12.2. The van der Waals surface area contributed by atoms with Crippen LogP contribution in [-0.2, 0) is 55.8 Å². The number of aliphatic hydroxyl groups excluding tert-OH is 2. The molecular formula is C95H164O16P2. The van der Waals surface area contributed by atoms with E-state index in [1.807, 2.05) is 0 Å². The van der Waals surface area contributed by atoms with Crippen molar-refractivity contribution >= 4 is 33.6 Å². The van der Waals surface area contributed by atoms with Crippen LogP contribution in [0.1, 0.15) is 380 Å². The zero-order valence-corrected chi connectivity index (χ0v) is 73.3. The molecule has 113 heavy (non-hydrogen) atoms. The molecule has 0 spiro atoms. The van der Waals surface area contributed by atoms with Gasteiger partial charge in [-0.15, -0.1) is 0 Å². The van der Waals surface area contributed by atoms with Gasteiger partial charge in [-0.3, -0.25) is 32.5 Å². The predicted octanol–water partition coefficient (Wildman–Crippen LogP) is 27.6. The number of carbonyl (C=O) groups is 3. The van der Waals surface area contributed by atoms with E-state index in [-0.39, 0.29) is 19.3 Å². The Hall–Kier alpha value is -4.57. The predicted molar refractivity (Wildman–Crippen MR) is 473 cm³/mol. The van der Waals surface area contributed by atoms with Crippen molar-refractivity contribution in [1.29, 1.82) is 0 Å². The van der Waals surface area contributed by atoms with Gasteiger partial charge < -0.3 is 34.2 Å². The van der Waals surface area contributed by atoms with Gasteiger partial charge in [-0.1, -0.05) is 372 Å². The molecule has 0 aliphatic carbocycles. The molecule has 16 nitrogen and oxygen atoms in total. The van der Waals surface area contributed by atoms with E-state index in [0.717, 1.165) is 161 Å². The van der Waals surface area contributed by atoms with Gasteiger partial charge in [-0.25, -0.2) is 9.13 Å². The molecule has 4 N–H and O–H groups in total. The molecular weight excluding hydrogens is 1460 g/mol. The molecule has 5 atom stereocenters. The minimum absolute atomic E-state index is 0.0928. The summed E-state index contributed by atoms with van der Waals surface area (Å²) >= 11 is 0. The zero-order chi connectivity index (χ0) is 82.2. The number of ether oxygens (including phenoxy) is 3. The lowest BCUT2D eigenvalue weighted by Crippen LogP contribution is -2.30. The SMILES string of the molecule is CC/C=C\C/C=C\C/C=C\C/C=C\C/C=C\C/C=C\CCCCCCCCCCCCCCC(=O)OCC(COP(=O)(O)OCC(O)COP(=O)(O)OCC(O)COC(=O)CCCCCCCCCCCCCCCCCCCCC/C=C\C/C=C\C/C=C\C/C=C\C/C=C\CC)OC(=O)CCCCCCC/C=C\CCCC. The van der Waals surface area contributed by atoms with Gasteiger partial charge in [0.2, 0.25) is 0 Å². The Morgan fingerprint density at radius 2 is 0.469 bits per heavy atom. The smallest absolute Gasteiger partial charge is 0.463 e.